The molecule has 0 spiro atoms. The van der Waals surface area contributed by atoms with Gasteiger partial charge >= 0.3 is 0 Å². The first-order valence-corrected chi connectivity index (χ1v) is 5.46. The van der Waals surface area contributed by atoms with E-state index in [4.69, 9.17) is 0 Å². The molecule has 0 bridgehead atoms. The van der Waals surface area contributed by atoms with E-state index in [1.54, 1.807) is 0 Å². The Labute approximate surface area is 77.1 Å². The highest BCUT2D eigenvalue weighted by molar-refractivity contribution is 5.04. The number of nitrogens with zero attached hydrogens (tertiary/aromatic N) is 1. The molecule has 1 heterocycles. The van der Waals surface area contributed by atoms with Crippen molar-refractivity contribution in [2.45, 2.75) is 53.1 Å². The van der Waals surface area contributed by atoms with Gasteiger partial charge in [0, 0.05) is 18.6 Å². The molecule has 1 nitrogen and oxygen atoms in total. The van der Waals surface area contributed by atoms with E-state index in [2.05, 4.69) is 25.7 Å². The molecule has 2 fully saturated rings. The minimum Gasteiger partial charge on any atom is -0.297 e. The van der Waals surface area contributed by atoms with Gasteiger partial charge in [0.25, 0.3) is 0 Å². The molecule has 1 aliphatic carbocycles. The highest BCUT2D eigenvalue weighted by Crippen LogP contribution is 2.46. The van der Waals surface area contributed by atoms with Crippen LogP contribution in [0.15, 0.2) is 0 Å². The zero-order valence-electron chi connectivity index (χ0n) is 9.17. The summed E-state index contributed by atoms with van der Waals surface area (Å²) in [5.74, 6) is 2.10. The average molecular weight is 169 g/mol. The van der Waals surface area contributed by atoms with E-state index in [0.29, 0.717) is 0 Å². The lowest BCUT2D eigenvalue weighted by Crippen LogP contribution is -2.67. The molecule has 0 aromatic heterocycles. The summed E-state index contributed by atoms with van der Waals surface area (Å²) in [5, 5.41) is 0. The number of hydrogen-bond acceptors (Lipinski definition) is 1. The van der Waals surface area contributed by atoms with Crippen molar-refractivity contribution in [3.05, 3.63) is 0 Å². The maximum absolute atomic E-state index is 2.63. The standard InChI is InChI=1S/C9H17N.C2H6/c1-6(2)10-5-8-7(3)4-9(8)10;1-2/h6-9H,4-5H2,1-3H3;1-2H3. The van der Waals surface area contributed by atoms with Crippen LogP contribution in [0.5, 0.6) is 0 Å². The summed E-state index contributed by atoms with van der Waals surface area (Å²) in [6.07, 6.45) is 1.46. The van der Waals surface area contributed by atoms with E-state index >= 15 is 0 Å². The van der Waals surface area contributed by atoms with Gasteiger partial charge in [0.2, 0.25) is 0 Å². The van der Waals surface area contributed by atoms with Gasteiger partial charge in [-0.25, -0.2) is 0 Å². The maximum atomic E-state index is 2.63. The zero-order valence-corrected chi connectivity index (χ0v) is 9.17. The summed E-state index contributed by atoms with van der Waals surface area (Å²) in [4.78, 5) is 2.63. The second kappa shape index (κ2) is 3.78. The molecule has 3 unspecified atom stereocenters. The van der Waals surface area contributed by atoms with Crippen molar-refractivity contribution >= 4 is 0 Å². The summed E-state index contributed by atoms with van der Waals surface area (Å²) < 4.78 is 0. The van der Waals surface area contributed by atoms with Gasteiger partial charge in [-0.2, -0.15) is 0 Å². The van der Waals surface area contributed by atoms with E-state index in [1.165, 1.54) is 13.0 Å². The third-order valence-corrected chi connectivity index (χ3v) is 3.35. The van der Waals surface area contributed by atoms with Crippen molar-refractivity contribution in [1.82, 2.24) is 4.90 Å². The zero-order chi connectivity index (χ0) is 9.30. The number of piperidine rings is 1. The summed E-state index contributed by atoms with van der Waals surface area (Å²) >= 11 is 0. The van der Waals surface area contributed by atoms with Gasteiger partial charge in [0.05, 0.1) is 0 Å². The minimum atomic E-state index is 0.786. The van der Waals surface area contributed by atoms with Gasteiger partial charge in [-0.05, 0) is 32.1 Å². The van der Waals surface area contributed by atoms with Gasteiger partial charge in [-0.1, -0.05) is 20.8 Å². The summed E-state index contributed by atoms with van der Waals surface area (Å²) in [7, 11) is 0. The van der Waals surface area contributed by atoms with Gasteiger partial charge in [-0.15, -0.1) is 0 Å². The molecule has 0 amide bonds. The van der Waals surface area contributed by atoms with Gasteiger partial charge in [0.1, 0.15) is 0 Å². The largest absolute Gasteiger partial charge is 0.297 e. The predicted octanol–water partition coefficient (Wildman–Crippen LogP) is 2.76. The number of fused-ring (bicyclic) bond motifs is 1. The molecule has 0 aromatic rings. The Morgan fingerprint density at radius 2 is 1.83 bits per heavy atom. The average Bonchev–Trinajstić information content (AvgIpc) is 2.03. The van der Waals surface area contributed by atoms with E-state index in [-0.39, 0.29) is 0 Å². The molecular formula is C11H23N. The van der Waals surface area contributed by atoms with Crippen LogP contribution in [-0.2, 0) is 0 Å². The lowest BCUT2D eigenvalue weighted by atomic mass is 9.63. The normalized spacial score (nSPS) is 39.0. The molecule has 0 aromatic carbocycles. The van der Waals surface area contributed by atoms with Crippen molar-refractivity contribution < 1.29 is 0 Å². The first kappa shape index (κ1) is 10.0. The van der Waals surface area contributed by atoms with Crippen molar-refractivity contribution in [3.8, 4) is 0 Å². The predicted molar refractivity (Wildman–Crippen MR) is 54.2 cm³/mol. The lowest BCUT2D eigenvalue weighted by molar-refractivity contribution is -0.118. The Morgan fingerprint density at radius 1 is 1.25 bits per heavy atom. The van der Waals surface area contributed by atoms with Gasteiger partial charge in [-0.3, -0.25) is 4.90 Å². The van der Waals surface area contributed by atoms with E-state index in [1.807, 2.05) is 13.8 Å². The van der Waals surface area contributed by atoms with Crippen LogP contribution >= 0.6 is 0 Å². The fourth-order valence-electron chi connectivity index (χ4n) is 2.43. The first-order valence-electron chi connectivity index (χ1n) is 5.46. The van der Waals surface area contributed by atoms with Crippen LogP contribution in [0, 0.1) is 11.8 Å². The Balaban J connectivity index is 0.000000336. The van der Waals surface area contributed by atoms with E-state index in [0.717, 1.165) is 23.9 Å². The fourth-order valence-corrected chi connectivity index (χ4v) is 2.43. The summed E-state index contributed by atoms with van der Waals surface area (Å²) in [6.45, 7) is 12.4. The molecule has 72 valence electrons. The Morgan fingerprint density at radius 3 is 2.08 bits per heavy atom. The highest BCUT2D eigenvalue weighted by Gasteiger charge is 2.50. The second-order valence-electron chi connectivity index (χ2n) is 4.23. The fraction of sp³-hybridized carbons (Fsp3) is 1.00. The van der Waals surface area contributed by atoms with Crippen molar-refractivity contribution in [2.24, 2.45) is 11.8 Å². The molecule has 1 saturated heterocycles. The molecular weight excluding hydrogens is 146 g/mol. The maximum Gasteiger partial charge on any atom is 0.0144 e. The van der Waals surface area contributed by atoms with Crippen LogP contribution in [0.2, 0.25) is 0 Å². The third kappa shape index (κ3) is 1.39. The minimum absolute atomic E-state index is 0.786. The number of hydrogen-bond donors (Lipinski definition) is 0. The molecule has 0 radical (unpaired) electrons. The van der Waals surface area contributed by atoms with Crippen LogP contribution in [0.25, 0.3) is 0 Å². The third-order valence-electron chi connectivity index (χ3n) is 3.35. The summed E-state index contributed by atoms with van der Waals surface area (Å²) in [5.41, 5.74) is 0. The smallest absolute Gasteiger partial charge is 0.0144 e. The molecule has 3 atom stereocenters. The molecule has 2 rings (SSSR count). The molecule has 1 aliphatic heterocycles. The number of likely N-dealkylation sites (tertiary alicyclic amines) is 1. The van der Waals surface area contributed by atoms with E-state index < -0.39 is 0 Å². The highest BCUT2D eigenvalue weighted by atomic mass is 15.3. The van der Waals surface area contributed by atoms with Gasteiger partial charge < -0.3 is 0 Å². The van der Waals surface area contributed by atoms with Crippen molar-refractivity contribution in [2.75, 3.05) is 6.54 Å². The van der Waals surface area contributed by atoms with E-state index in [9.17, 15) is 0 Å². The Hall–Kier alpha value is -0.0400. The van der Waals surface area contributed by atoms with Crippen LogP contribution in [-0.4, -0.2) is 23.5 Å². The SMILES string of the molecule is CC.CC1CC2C1CN2C(C)C. The summed E-state index contributed by atoms with van der Waals surface area (Å²) in [6, 6.07) is 1.77. The quantitative estimate of drug-likeness (QED) is 0.583. The Bertz CT molecular complexity index is 142. The van der Waals surface area contributed by atoms with Crippen LogP contribution < -0.4 is 0 Å². The molecule has 2 aliphatic rings. The second-order valence-corrected chi connectivity index (χ2v) is 4.23. The Kier molecular flexibility index (Phi) is 3.16. The van der Waals surface area contributed by atoms with Crippen LogP contribution in [0.4, 0.5) is 0 Å². The number of rotatable bonds is 1. The van der Waals surface area contributed by atoms with Crippen molar-refractivity contribution in [3.63, 3.8) is 0 Å². The molecule has 0 N–H and O–H groups in total. The lowest BCUT2D eigenvalue weighted by Gasteiger charge is -2.61. The molecule has 12 heavy (non-hydrogen) atoms. The topological polar surface area (TPSA) is 3.24 Å². The monoisotopic (exact) mass is 169 g/mol. The first-order chi connectivity index (χ1) is 5.70. The van der Waals surface area contributed by atoms with Crippen LogP contribution in [0.1, 0.15) is 41.0 Å². The van der Waals surface area contributed by atoms with Gasteiger partial charge in [0.15, 0.2) is 0 Å². The molecule has 1 heteroatoms. The molecule has 1 saturated carbocycles. The van der Waals surface area contributed by atoms with Crippen LogP contribution in [0.3, 0.4) is 0 Å². The van der Waals surface area contributed by atoms with Crippen molar-refractivity contribution in [1.29, 1.82) is 0 Å².